The zero-order chi connectivity index (χ0) is 23.8. The fraction of sp³-hybridized carbons (Fsp3) is 0.143. The number of nitrogens with one attached hydrogen (secondary N) is 2. The summed E-state index contributed by atoms with van der Waals surface area (Å²) in [6.07, 6.45) is 2.96. The summed E-state index contributed by atoms with van der Waals surface area (Å²) in [6.45, 7) is 2.90. The molecule has 2 aromatic heterocycles. The molecular weight excluding hydrogens is 456 g/mol. The molecule has 0 radical (unpaired) electrons. The van der Waals surface area contributed by atoms with Crippen molar-refractivity contribution in [3.8, 4) is 17.0 Å². The first-order chi connectivity index (χ1) is 17.2. The van der Waals surface area contributed by atoms with Crippen molar-refractivity contribution < 1.29 is 9.53 Å². The van der Waals surface area contributed by atoms with Crippen molar-refractivity contribution in [1.82, 2.24) is 9.55 Å². The number of para-hydroxylation sites is 2. The number of anilines is 1. The molecule has 1 aliphatic heterocycles. The van der Waals surface area contributed by atoms with Gasteiger partial charge in [0.15, 0.2) is 11.4 Å². The van der Waals surface area contributed by atoms with Crippen molar-refractivity contribution in [2.75, 3.05) is 11.9 Å². The molecule has 1 aliphatic rings. The summed E-state index contributed by atoms with van der Waals surface area (Å²) in [5, 5.41) is 6.31. The number of H-pyrrole nitrogens is 1. The third kappa shape index (κ3) is 4.15. The molecule has 5 aromatic rings. The monoisotopic (exact) mass is 480 g/mol. The lowest BCUT2D eigenvalue weighted by atomic mass is 10.1. The summed E-state index contributed by atoms with van der Waals surface area (Å²) in [6, 6.07) is 22.5. The Morgan fingerprint density at radius 1 is 1.09 bits per heavy atom. The van der Waals surface area contributed by atoms with Crippen LogP contribution in [0, 0.1) is 6.92 Å². The van der Waals surface area contributed by atoms with Gasteiger partial charge in [0.25, 0.3) is 5.91 Å². The minimum Gasteiger partial charge on any atom is -0.482 e. The second kappa shape index (κ2) is 8.92. The van der Waals surface area contributed by atoms with Crippen molar-refractivity contribution in [2.45, 2.75) is 19.9 Å². The number of aromatic nitrogens is 2. The van der Waals surface area contributed by atoms with E-state index in [0.717, 1.165) is 45.8 Å². The van der Waals surface area contributed by atoms with Gasteiger partial charge in [-0.3, -0.25) is 4.79 Å². The predicted molar refractivity (Wildman–Crippen MR) is 140 cm³/mol. The lowest BCUT2D eigenvalue weighted by molar-refractivity contribution is -0.118. The molecule has 3 aromatic carbocycles. The average Bonchev–Trinajstić information content (AvgIpc) is 3.47. The number of hydrogen-bond acceptors (Lipinski definition) is 4. The van der Waals surface area contributed by atoms with E-state index in [-0.39, 0.29) is 12.5 Å². The van der Waals surface area contributed by atoms with Crippen molar-refractivity contribution in [3.05, 3.63) is 94.2 Å². The summed E-state index contributed by atoms with van der Waals surface area (Å²) in [4.78, 5) is 21.2. The Labute approximate surface area is 206 Å². The molecule has 0 unspecified atom stereocenters. The fourth-order valence-corrected chi connectivity index (χ4v) is 5.42. The van der Waals surface area contributed by atoms with E-state index >= 15 is 0 Å². The number of thiazole rings is 1. The van der Waals surface area contributed by atoms with Crippen LogP contribution in [0.4, 0.5) is 11.4 Å². The number of ether oxygens (including phenoxy) is 1. The minimum atomic E-state index is -0.137. The van der Waals surface area contributed by atoms with Gasteiger partial charge in [0.2, 0.25) is 0 Å². The maximum Gasteiger partial charge on any atom is 0.262 e. The number of amides is 1. The van der Waals surface area contributed by atoms with Gasteiger partial charge in [-0.25, -0.2) is 4.99 Å². The largest absolute Gasteiger partial charge is 0.482 e. The number of nitrogens with zero attached hydrogens (tertiary/aromatic N) is 2. The molecule has 0 atom stereocenters. The molecule has 0 saturated carbocycles. The van der Waals surface area contributed by atoms with E-state index in [1.807, 2.05) is 42.5 Å². The fourth-order valence-electron chi connectivity index (χ4n) is 4.47. The number of aryl methyl sites for hydroxylation is 2. The number of aromatic amines is 1. The Morgan fingerprint density at radius 3 is 2.86 bits per heavy atom. The molecule has 3 heterocycles. The van der Waals surface area contributed by atoms with Crippen molar-refractivity contribution in [3.63, 3.8) is 0 Å². The summed E-state index contributed by atoms with van der Waals surface area (Å²) < 4.78 is 7.82. The standard InChI is InChI=1S/C28H24N4O2S/c1-18-6-2-4-8-22(18)31-28-32(13-12-20-15-29-23-9-5-3-7-21(20)23)25(17-35-28)19-10-11-26-24(14-19)30-27(33)16-34-26/h2-11,14-15,17,29H,12-13,16H2,1H3,(H,30,33). The van der Waals surface area contributed by atoms with Crippen LogP contribution < -0.4 is 14.9 Å². The van der Waals surface area contributed by atoms with E-state index in [1.54, 1.807) is 11.3 Å². The second-order valence-corrected chi connectivity index (χ2v) is 9.45. The van der Waals surface area contributed by atoms with Crippen molar-refractivity contribution in [1.29, 1.82) is 0 Å². The summed E-state index contributed by atoms with van der Waals surface area (Å²) >= 11 is 1.62. The van der Waals surface area contributed by atoms with Gasteiger partial charge in [-0.1, -0.05) is 36.4 Å². The van der Waals surface area contributed by atoms with Crippen LogP contribution in [-0.2, 0) is 17.8 Å². The Bertz CT molecular complexity index is 1630. The number of rotatable bonds is 5. The van der Waals surface area contributed by atoms with Crippen molar-refractivity contribution in [2.24, 2.45) is 4.99 Å². The highest BCUT2D eigenvalue weighted by atomic mass is 32.1. The quantitative estimate of drug-likeness (QED) is 0.333. The lowest BCUT2D eigenvalue weighted by Crippen LogP contribution is -2.25. The Morgan fingerprint density at radius 2 is 1.94 bits per heavy atom. The Balaban J connectivity index is 1.43. The normalized spacial score (nSPS) is 13.5. The van der Waals surface area contributed by atoms with Crippen LogP contribution in [0.5, 0.6) is 5.75 Å². The van der Waals surface area contributed by atoms with Gasteiger partial charge >= 0.3 is 0 Å². The molecule has 0 saturated heterocycles. The van der Waals surface area contributed by atoms with Crippen LogP contribution in [0.25, 0.3) is 22.2 Å². The Hall–Kier alpha value is -4.10. The molecule has 0 aliphatic carbocycles. The number of hydrogen-bond donors (Lipinski definition) is 2. The number of benzene rings is 3. The van der Waals surface area contributed by atoms with Crippen molar-refractivity contribution >= 4 is 39.5 Å². The number of fused-ring (bicyclic) bond motifs is 2. The summed E-state index contributed by atoms with van der Waals surface area (Å²) in [7, 11) is 0. The SMILES string of the molecule is Cc1ccccc1N=c1scc(-c2ccc3c(c2)NC(=O)CO3)n1CCc1c[nH]c2ccccc12. The number of carbonyl (C=O) groups is 1. The van der Waals surface area contributed by atoms with Crippen LogP contribution >= 0.6 is 11.3 Å². The molecule has 0 bridgehead atoms. The van der Waals surface area contributed by atoms with E-state index in [9.17, 15) is 4.79 Å². The molecule has 0 fully saturated rings. The molecule has 7 heteroatoms. The van der Waals surface area contributed by atoms with Gasteiger partial charge in [0, 0.05) is 34.6 Å². The molecule has 1 amide bonds. The average molecular weight is 481 g/mol. The van der Waals surface area contributed by atoms with Gasteiger partial charge in [0.1, 0.15) is 5.75 Å². The number of carbonyl (C=O) groups excluding carboxylic acids is 1. The first kappa shape index (κ1) is 21.4. The first-order valence-electron chi connectivity index (χ1n) is 11.6. The second-order valence-electron chi connectivity index (χ2n) is 8.61. The van der Waals surface area contributed by atoms with Crippen LogP contribution in [-0.4, -0.2) is 22.1 Å². The maximum atomic E-state index is 11.9. The highest BCUT2D eigenvalue weighted by Gasteiger charge is 2.18. The van der Waals surface area contributed by atoms with Crippen LogP contribution in [0.15, 0.2) is 83.3 Å². The van der Waals surface area contributed by atoms with E-state index in [1.165, 1.54) is 10.9 Å². The van der Waals surface area contributed by atoms with Crippen LogP contribution in [0.2, 0.25) is 0 Å². The van der Waals surface area contributed by atoms with E-state index in [4.69, 9.17) is 9.73 Å². The zero-order valence-corrected chi connectivity index (χ0v) is 20.1. The first-order valence-corrected chi connectivity index (χ1v) is 12.4. The molecule has 6 nitrogen and oxygen atoms in total. The smallest absolute Gasteiger partial charge is 0.262 e. The molecule has 6 rings (SSSR count). The highest BCUT2D eigenvalue weighted by molar-refractivity contribution is 7.07. The molecule has 0 spiro atoms. The van der Waals surface area contributed by atoms with E-state index in [0.29, 0.717) is 11.4 Å². The van der Waals surface area contributed by atoms with Gasteiger partial charge in [0.05, 0.1) is 17.1 Å². The Kier molecular flexibility index (Phi) is 5.47. The third-order valence-electron chi connectivity index (χ3n) is 6.32. The summed E-state index contributed by atoms with van der Waals surface area (Å²) in [5.74, 6) is 0.557. The summed E-state index contributed by atoms with van der Waals surface area (Å²) in [5.41, 5.74) is 7.30. The molecule has 2 N–H and O–H groups in total. The van der Waals surface area contributed by atoms with E-state index in [2.05, 4.69) is 57.6 Å². The molecule has 35 heavy (non-hydrogen) atoms. The topological polar surface area (TPSA) is 71.4 Å². The minimum absolute atomic E-state index is 0.0505. The van der Waals surface area contributed by atoms with E-state index < -0.39 is 0 Å². The molecule has 174 valence electrons. The molecular formula is C28H24N4O2S. The van der Waals surface area contributed by atoms with Crippen LogP contribution in [0.1, 0.15) is 11.1 Å². The zero-order valence-electron chi connectivity index (χ0n) is 19.2. The van der Waals surface area contributed by atoms with Gasteiger partial charge in [-0.2, -0.15) is 0 Å². The third-order valence-corrected chi connectivity index (χ3v) is 7.18. The van der Waals surface area contributed by atoms with Gasteiger partial charge < -0.3 is 19.6 Å². The van der Waals surface area contributed by atoms with Crippen LogP contribution in [0.3, 0.4) is 0 Å². The lowest BCUT2D eigenvalue weighted by Gasteiger charge is -2.19. The highest BCUT2D eigenvalue weighted by Crippen LogP contribution is 2.33. The predicted octanol–water partition coefficient (Wildman–Crippen LogP) is 5.81. The van der Waals surface area contributed by atoms with Gasteiger partial charge in [-0.05, 0) is 54.8 Å². The maximum absolute atomic E-state index is 11.9. The van der Waals surface area contributed by atoms with Gasteiger partial charge in [-0.15, -0.1) is 11.3 Å².